The highest BCUT2D eigenvalue weighted by Crippen LogP contribution is 2.10. The Hall–Kier alpha value is -1.35. The van der Waals surface area contributed by atoms with Gasteiger partial charge < -0.3 is 20.5 Å². The Morgan fingerprint density at radius 2 is 1.85 bits per heavy atom. The molecule has 1 aromatic carbocycles. The van der Waals surface area contributed by atoms with Gasteiger partial charge in [0.25, 0.3) is 0 Å². The SMILES string of the molecule is CN=C(NCCCN1CCCCCC1)NCCc1nc2ccccc2[nH]1.I. The van der Waals surface area contributed by atoms with E-state index in [0.717, 1.165) is 48.7 Å². The van der Waals surface area contributed by atoms with Gasteiger partial charge in [0.1, 0.15) is 5.82 Å². The third-order valence-corrected chi connectivity index (χ3v) is 4.96. The van der Waals surface area contributed by atoms with Gasteiger partial charge in [-0.25, -0.2) is 4.98 Å². The minimum Gasteiger partial charge on any atom is -0.356 e. The van der Waals surface area contributed by atoms with Crippen molar-refractivity contribution in [2.45, 2.75) is 38.5 Å². The molecular weight excluding hydrogens is 451 g/mol. The lowest BCUT2D eigenvalue weighted by Gasteiger charge is -2.20. The molecule has 150 valence electrons. The molecule has 0 atom stereocenters. The first kappa shape index (κ1) is 21.9. The molecule has 0 amide bonds. The number of guanidine groups is 1. The Kier molecular flexibility index (Phi) is 9.90. The number of halogens is 1. The van der Waals surface area contributed by atoms with Gasteiger partial charge in [0.2, 0.25) is 0 Å². The van der Waals surface area contributed by atoms with E-state index in [1.165, 1.54) is 45.3 Å². The fourth-order valence-corrected chi connectivity index (χ4v) is 3.51. The summed E-state index contributed by atoms with van der Waals surface area (Å²) in [5.74, 6) is 1.88. The summed E-state index contributed by atoms with van der Waals surface area (Å²) in [5.41, 5.74) is 2.12. The summed E-state index contributed by atoms with van der Waals surface area (Å²) in [7, 11) is 1.82. The number of rotatable bonds is 7. The molecule has 6 nitrogen and oxygen atoms in total. The van der Waals surface area contributed by atoms with Gasteiger partial charge >= 0.3 is 0 Å². The Morgan fingerprint density at radius 3 is 2.59 bits per heavy atom. The van der Waals surface area contributed by atoms with Crippen molar-refractivity contribution in [2.24, 2.45) is 4.99 Å². The van der Waals surface area contributed by atoms with Crippen molar-refractivity contribution in [1.82, 2.24) is 25.5 Å². The van der Waals surface area contributed by atoms with E-state index in [4.69, 9.17) is 0 Å². The lowest BCUT2D eigenvalue weighted by Crippen LogP contribution is -2.39. The van der Waals surface area contributed by atoms with Crippen LogP contribution in [0.2, 0.25) is 0 Å². The summed E-state index contributed by atoms with van der Waals surface area (Å²) < 4.78 is 0. The Balaban J connectivity index is 0.00000261. The predicted octanol–water partition coefficient (Wildman–Crippen LogP) is 3.15. The standard InChI is InChI=1S/C20H32N6.HI/c1-21-20(22-12-8-16-26-14-6-2-3-7-15-26)23-13-11-19-24-17-9-4-5-10-18(17)25-19;/h4-5,9-10H,2-3,6-8,11-16H2,1H3,(H,24,25)(H2,21,22,23);1H. The third-order valence-electron chi connectivity index (χ3n) is 4.96. The number of hydrogen-bond acceptors (Lipinski definition) is 3. The number of aromatic nitrogens is 2. The maximum Gasteiger partial charge on any atom is 0.190 e. The number of likely N-dealkylation sites (tertiary alicyclic amines) is 1. The van der Waals surface area contributed by atoms with E-state index < -0.39 is 0 Å². The lowest BCUT2D eigenvalue weighted by molar-refractivity contribution is 0.282. The highest BCUT2D eigenvalue weighted by molar-refractivity contribution is 14.0. The van der Waals surface area contributed by atoms with Gasteiger partial charge in [0.05, 0.1) is 11.0 Å². The zero-order valence-electron chi connectivity index (χ0n) is 16.3. The van der Waals surface area contributed by atoms with E-state index in [-0.39, 0.29) is 24.0 Å². The minimum absolute atomic E-state index is 0. The smallest absolute Gasteiger partial charge is 0.190 e. The number of benzene rings is 1. The number of H-pyrrole nitrogens is 1. The number of fused-ring (bicyclic) bond motifs is 1. The maximum absolute atomic E-state index is 4.61. The average Bonchev–Trinajstić information content (AvgIpc) is 2.90. The number of aromatic amines is 1. The molecule has 3 N–H and O–H groups in total. The molecule has 3 rings (SSSR count). The summed E-state index contributed by atoms with van der Waals surface area (Å²) in [6.07, 6.45) is 7.53. The van der Waals surface area contributed by atoms with Gasteiger partial charge in [-0.05, 0) is 51.0 Å². The van der Waals surface area contributed by atoms with E-state index in [9.17, 15) is 0 Å². The molecule has 0 radical (unpaired) electrons. The van der Waals surface area contributed by atoms with Crippen LogP contribution in [0, 0.1) is 0 Å². The highest BCUT2D eigenvalue weighted by Gasteiger charge is 2.08. The van der Waals surface area contributed by atoms with E-state index >= 15 is 0 Å². The monoisotopic (exact) mass is 484 g/mol. The van der Waals surface area contributed by atoms with Crippen LogP contribution in [-0.4, -0.2) is 60.6 Å². The number of nitrogens with zero attached hydrogens (tertiary/aromatic N) is 3. The molecule has 0 saturated carbocycles. The van der Waals surface area contributed by atoms with E-state index in [2.05, 4.69) is 36.6 Å². The number of para-hydroxylation sites is 2. The topological polar surface area (TPSA) is 68.3 Å². The van der Waals surface area contributed by atoms with Crippen LogP contribution in [0.15, 0.2) is 29.3 Å². The molecule has 0 unspecified atom stereocenters. The van der Waals surface area contributed by atoms with Crippen LogP contribution in [0.3, 0.4) is 0 Å². The lowest BCUT2D eigenvalue weighted by atomic mass is 10.2. The number of hydrogen-bond donors (Lipinski definition) is 3. The van der Waals surface area contributed by atoms with Gasteiger partial charge in [-0.15, -0.1) is 24.0 Å². The molecule has 0 aliphatic carbocycles. The Bertz CT molecular complexity index is 658. The summed E-state index contributed by atoms with van der Waals surface area (Å²) in [5, 5.41) is 6.80. The van der Waals surface area contributed by atoms with Gasteiger partial charge in [0.15, 0.2) is 5.96 Å². The largest absolute Gasteiger partial charge is 0.356 e. The molecule has 1 saturated heterocycles. The van der Waals surface area contributed by atoms with Crippen LogP contribution in [-0.2, 0) is 6.42 Å². The summed E-state index contributed by atoms with van der Waals surface area (Å²) in [6.45, 7) is 5.49. The first-order valence-electron chi connectivity index (χ1n) is 9.95. The van der Waals surface area contributed by atoms with Crippen LogP contribution in [0.25, 0.3) is 11.0 Å². The molecule has 1 aliphatic heterocycles. The molecule has 2 aromatic rings. The van der Waals surface area contributed by atoms with Crippen LogP contribution in [0.1, 0.15) is 37.9 Å². The third kappa shape index (κ3) is 7.29. The van der Waals surface area contributed by atoms with E-state index in [1.54, 1.807) is 0 Å². The van der Waals surface area contributed by atoms with E-state index in [0.29, 0.717) is 0 Å². The van der Waals surface area contributed by atoms with Crippen LogP contribution in [0.5, 0.6) is 0 Å². The normalized spacial score (nSPS) is 16.0. The van der Waals surface area contributed by atoms with Crippen molar-refractivity contribution in [3.8, 4) is 0 Å². The van der Waals surface area contributed by atoms with Crippen molar-refractivity contribution < 1.29 is 0 Å². The summed E-state index contributed by atoms with van der Waals surface area (Å²) in [4.78, 5) is 14.9. The van der Waals surface area contributed by atoms with E-state index in [1.807, 2.05) is 25.2 Å². The van der Waals surface area contributed by atoms with Gasteiger partial charge in [-0.1, -0.05) is 25.0 Å². The van der Waals surface area contributed by atoms with Gasteiger partial charge in [-0.3, -0.25) is 4.99 Å². The van der Waals surface area contributed by atoms with Crippen molar-refractivity contribution in [1.29, 1.82) is 0 Å². The Morgan fingerprint density at radius 1 is 1.11 bits per heavy atom. The fraction of sp³-hybridized carbons (Fsp3) is 0.600. The number of nitrogens with one attached hydrogen (secondary N) is 3. The molecule has 1 aromatic heterocycles. The molecule has 7 heteroatoms. The maximum atomic E-state index is 4.61. The molecule has 27 heavy (non-hydrogen) atoms. The second-order valence-corrected chi connectivity index (χ2v) is 6.99. The zero-order chi connectivity index (χ0) is 18.0. The quantitative estimate of drug-likeness (QED) is 0.245. The first-order valence-corrected chi connectivity index (χ1v) is 9.95. The fourth-order valence-electron chi connectivity index (χ4n) is 3.51. The predicted molar refractivity (Wildman–Crippen MR) is 124 cm³/mol. The second-order valence-electron chi connectivity index (χ2n) is 6.99. The highest BCUT2D eigenvalue weighted by atomic mass is 127. The first-order chi connectivity index (χ1) is 12.8. The molecular formula is C20H33IN6. The zero-order valence-corrected chi connectivity index (χ0v) is 18.7. The van der Waals surface area contributed by atoms with Gasteiger partial charge in [-0.2, -0.15) is 0 Å². The summed E-state index contributed by atoms with van der Waals surface area (Å²) in [6, 6.07) is 8.14. The Labute approximate surface area is 179 Å². The molecule has 2 heterocycles. The number of imidazole rings is 1. The molecule has 1 aliphatic rings. The minimum atomic E-state index is 0. The van der Waals surface area contributed by atoms with Crippen molar-refractivity contribution in [3.63, 3.8) is 0 Å². The molecule has 0 bridgehead atoms. The molecule has 1 fully saturated rings. The average molecular weight is 484 g/mol. The van der Waals surface area contributed by atoms with Crippen LogP contribution in [0.4, 0.5) is 0 Å². The van der Waals surface area contributed by atoms with Crippen LogP contribution >= 0.6 is 24.0 Å². The van der Waals surface area contributed by atoms with Crippen molar-refractivity contribution >= 4 is 41.0 Å². The molecule has 0 spiro atoms. The summed E-state index contributed by atoms with van der Waals surface area (Å²) >= 11 is 0. The van der Waals surface area contributed by atoms with Crippen molar-refractivity contribution in [2.75, 3.05) is 39.8 Å². The van der Waals surface area contributed by atoms with Crippen molar-refractivity contribution in [3.05, 3.63) is 30.1 Å². The second kappa shape index (κ2) is 12.2. The van der Waals surface area contributed by atoms with Gasteiger partial charge in [0, 0.05) is 26.6 Å². The number of aliphatic imine (C=N–C) groups is 1. The van der Waals surface area contributed by atoms with Crippen LogP contribution < -0.4 is 10.6 Å².